The molecule has 0 saturated carbocycles. The van der Waals surface area contributed by atoms with Gasteiger partial charge < -0.3 is 10.1 Å². The predicted octanol–water partition coefficient (Wildman–Crippen LogP) is 5.75. The third kappa shape index (κ3) is 4.78. The van der Waals surface area contributed by atoms with Crippen molar-refractivity contribution in [3.63, 3.8) is 0 Å². The van der Waals surface area contributed by atoms with Gasteiger partial charge in [-0.25, -0.2) is 4.98 Å². The fourth-order valence-corrected chi connectivity index (χ4v) is 5.43. The largest absolute Gasteiger partial charge is 0.495 e. The van der Waals surface area contributed by atoms with E-state index < -0.39 is 5.25 Å². The van der Waals surface area contributed by atoms with Gasteiger partial charge in [0.15, 0.2) is 5.16 Å². The number of ether oxygens (including phenoxy) is 1. The summed E-state index contributed by atoms with van der Waals surface area (Å²) < 4.78 is 6.90. The molecular weight excluding hydrogens is 466 g/mol. The van der Waals surface area contributed by atoms with Gasteiger partial charge in [-0.15, -0.1) is 17.9 Å². The second-order valence-electron chi connectivity index (χ2n) is 7.74. The maximum Gasteiger partial charge on any atom is 0.263 e. The SMILES string of the molecule is C=CCn1c(SC(C)C(=O)Nc2ccccc2OC)nc2scc(-c3ccc(C)cc3)c2c1=O. The van der Waals surface area contributed by atoms with Crippen LogP contribution in [0.5, 0.6) is 5.75 Å². The molecule has 1 amide bonds. The molecule has 6 nitrogen and oxygen atoms in total. The van der Waals surface area contributed by atoms with E-state index in [4.69, 9.17) is 9.72 Å². The molecule has 0 spiro atoms. The highest BCUT2D eigenvalue weighted by Crippen LogP contribution is 2.33. The van der Waals surface area contributed by atoms with Crippen molar-refractivity contribution in [2.45, 2.75) is 30.8 Å². The zero-order valence-electron chi connectivity index (χ0n) is 19.2. The molecule has 34 heavy (non-hydrogen) atoms. The Hall–Kier alpha value is -3.36. The molecule has 0 aliphatic heterocycles. The van der Waals surface area contributed by atoms with E-state index in [1.54, 1.807) is 36.8 Å². The molecule has 2 aromatic heterocycles. The minimum absolute atomic E-state index is 0.137. The van der Waals surface area contributed by atoms with Crippen LogP contribution in [-0.4, -0.2) is 27.8 Å². The number of nitrogens with zero attached hydrogens (tertiary/aromatic N) is 2. The number of aryl methyl sites for hydroxylation is 1. The summed E-state index contributed by atoms with van der Waals surface area (Å²) in [6, 6.07) is 15.3. The van der Waals surface area contributed by atoms with E-state index in [1.165, 1.54) is 23.1 Å². The molecule has 2 heterocycles. The van der Waals surface area contributed by atoms with E-state index in [9.17, 15) is 9.59 Å². The van der Waals surface area contributed by atoms with Crippen LogP contribution in [0, 0.1) is 6.92 Å². The fraction of sp³-hybridized carbons (Fsp3) is 0.192. The maximum atomic E-state index is 13.5. The number of benzene rings is 2. The molecule has 0 aliphatic carbocycles. The van der Waals surface area contributed by atoms with Crippen molar-refractivity contribution in [2.24, 2.45) is 0 Å². The number of aromatic nitrogens is 2. The lowest BCUT2D eigenvalue weighted by Crippen LogP contribution is -2.26. The number of nitrogens with one attached hydrogen (secondary N) is 1. The lowest BCUT2D eigenvalue weighted by molar-refractivity contribution is -0.115. The van der Waals surface area contributed by atoms with Crippen LogP contribution in [0.25, 0.3) is 21.3 Å². The number of hydrogen-bond acceptors (Lipinski definition) is 6. The first-order valence-electron chi connectivity index (χ1n) is 10.7. The van der Waals surface area contributed by atoms with Crippen molar-refractivity contribution in [2.75, 3.05) is 12.4 Å². The number of rotatable bonds is 8. The van der Waals surface area contributed by atoms with Gasteiger partial charge in [-0.05, 0) is 31.5 Å². The minimum atomic E-state index is -0.498. The fourth-order valence-electron chi connectivity index (χ4n) is 3.53. The Kier molecular flexibility index (Phi) is 7.19. The van der Waals surface area contributed by atoms with Crippen LogP contribution in [-0.2, 0) is 11.3 Å². The van der Waals surface area contributed by atoms with Crippen molar-refractivity contribution in [1.29, 1.82) is 0 Å². The highest BCUT2D eigenvalue weighted by molar-refractivity contribution is 8.00. The third-order valence-corrected chi connectivity index (χ3v) is 7.31. The monoisotopic (exact) mass is 491 g/mol. The third-order valence-electron chi connectivity index (χ3n) is 5.35. The van der Waals surface area contributed by atoms with Gasteiger partial charge in [0, 0.05) is 17.5 Å². The summed E-state index contributed by atoms with van der Waals surface area (Å²) in [6.07, 6.45) is 1.66. The minimum Gasteiger partial charge on any atom is -0.495 e. The molecule has 2 aromatic carbocycles. The molecule has 4 aromatic rings. The first kappa shape index (κ1) is 23.8. The smallest absolute Gasteiger partial charge is 0.263 e. The summed E-state index contributed by atoms with van der Waals surface area (Å²) >= 11 is 2.68. The van der Waals surface area contributed by atoms with Gasteiger partial charge in [-0.2, -0.15) is 0 Å². The number of fused-ring (bicyclic) bond motifs is 1. The first-order valence-corrected chi connectivity index (χ1v) is 12.5. The van der Waals surface area contributed by atoms with Gasteiger partial charge in [-0.3, -0.25) is 14.2 Å². The predicted molar refractivity (Wildman–Crippen MR) is 141 cm³/mol. The van der Waals surface area contributed by atoms with Crippen molar-refractivity contribution >= 4 is 44.9 Å². The Balaban J connectivity index is 1.67. The molecule has 1 unspecified atom stereocenters. The number of anilines is 1. The summed E-state index contributed by atoms with van der Waals surface area (Å²) in [4.78, 5) is 31.9. The molecular formula is C26H25N3O3S2. The number of allylic oxidation sites excluding steroid dienone is 1. The van der Waals surface area contributed by atoms with E-state index in [1.807, 2.05) is 48.7 Å². The molecule has 0 aliphatic rings. The second-order valence-corrected chi connectivity index (χ2v) is 9.91. The van der Waals surface area contributed by atoms with Gasteiger partial charge in [0.25, 0.3) is 5.56 Å². The summed E-state index contributed by atoms with van der Waals surface area (Å²) in [5, 5.41) is 5.44. The molecule has 174 valence electrons. The maximum absolute atomic E-state index is 13.5. The van der Waals surface area contributed by atoms with Crippen LogP contribution in [0.1, 0.15) is 12.5 Å². The number of carbonyl (C=O) groups is 1. The van der Waals surface area contributed by atoms with E-state index in [2.05, 4.69) is 11.9 Å². The van der Waals surface area contributed by atoms with E-state index in [0.717, 1.165) is 16.7 Å². The Labute approximate surface area is 206 Å². The lowest BCUT2D eigenvalue weighted by atomic mass is 10.1. The highest BCUT2D eigenvalue weighted by atomic mass is 32.2. The lowest BCUT2D eigenvalue weighted by Gasteiger charge is -2.16. The van der Waals surface area contributed by atoms with Crippen molar-refractivity contribution < 1.29 is 9.53 Å². The highest BCUT2D eigenvalue weighted by Gasteiger charge is 2.22. The van der Waals surface area contributed by atoms with E-state index in [-0.39, 0.29) is 11.5 Å². The molecule has 8 heteroatoms. The average Bonchev–Trinajstić information content (AvgIpc) is 3.26. The van der Waals surface area contributed by atoms with Gasteiger partial charge in [0.2, 0.25) is 5.91 Å². The van der Waals surface area contributed by atoms with Crippen molar-refractivity contribution in [1.82, 2.24) is 9.55 Å². The molecule has 0 fully saturated rings. The summed E-state index contributed by atoms with van der Waals surface area (Å²) in [5.41, 5.74) is 3.46. The Morgan fingerprint density at radius 2 is 2.00 bits per heavy atom. The molecule has 4 rings (SSSR count). The standard InChI is InChI=1S/C26H25N3O3S2/c1-5-14-29-25(31)22-19(18-12-10-16(2)11-13-18)15-33-24(22)28-26(29)34-17(3)23(30)27-20-8-6-7-9-21(20)32-4/h5-13,15,17H,1,14H2,2-4H3,(H,27,30). The number of methoxy groups -OCH3 is 1. The molecule has 1 N–H and O–H groups in total. The average molecular weight is 492 g/mol. The number of hydrogen-bond donors (Lipinski definition) is 1. The first-order chi connectivity index (χ1) is 16.4. The molecule has 0 radical (unpaired) electrons. The van der Waals surface area contributed by atoms with Crippen molar-refractivity contribution in [3.05, 3.63) is 82.5 Å². The Morgan fingerprint density at radius 3 is 2.71 bits per heavy atom. The zero-order valence-corrected chi connectivity index (χ0v) is 20.8. The number of amides is 1. The van der Waals surface area contributed by atoms with Gasteiger partial charge in [0.05, 0.1) is 23.4 Å². The summed E-state index contributed by atoms with van der Waals surface area (Å²) in [5.74, 6) is 0.374. The molecule has 1 atom stereocenters. The van der Waals surface area contributed by atoms with E-state index in [0.29, 0.717) is 33.4 Å². The number of thiophene rings is 1. The van der Waals surface area contributed by atoms with Crippen LogP contribution in [0.15, 0.2) is 76.5 Å². The Bertz CT molecular complexity index is 1410. The van der Waals surface area contributed by atoms with Crippen LogP contribution in [0.4, 0.5) is 5.69 Å². The molecule has 0 bridgehead atoms. The topological polar surface area (TPSA) is 73.2 Å². The molecule has 0 saturated heterocycles. The van der Waals surface area contributed by atoms with Crippen LogP contribution in [0.3, 0.4) is 0 Å². The van der Waals surface area contributed by atoms with Crippen LogP contribution < -0.4 is 15.6 Å². The van der Waals surface area contributed by atoms with Gasteiger partial charge in [0.1, 0.15) is 10.6 Å². The second kappa shape index (κ2) is 10.3. The number of thioether (sulfide) groups is 1. The van der Waals surface area contributed by atoms with E-state index >= 15 is 0 Å². The summed E-state index contributed by atoms with van der Waals surface area (Å²) in [6.45, 7) is 7.92. The van der Waals surface area contributed by atoms with Crippen LogP contribution >= 0.6 is 23.1 Å². The normalized spacial score (nSPS) is 11.9. The Morgan fingerprint density at radius 1 is 1.26 bits per heavy atom. The van der Waals surface area contributed by atoms with Gasteiger partial charge >= 0.3 is 0 Å². The van der Waals surface area contributed by atoms with Gasteiger partial charge in [-0.1, -0.05) is 59.8 Å². The van der Waals surface area contributed by atoms with Crippen molar-refractivity contribution in [3.8, 4) is 16.9 Å². The number of para-hydroxylation sites is 2. The number of carbonyl (C=O) groups excluding carboxylic acids is 1. The van der Waals surface area contributed by atoms with Crippen LogP contribution in [0.2, 0.25) is 0 Å². The zero-order chi connectivity index (χ0) is 24.2. The quantitative estimate of drug-likeness (QED) is 0.193. The summed E-state index contributed by atoms with van der Waals surface area (Å²) in [7, 11) is 1.56.